The highest BCUT2D eigenvalue weighted by atomic mass is 19.3. The molecule has 0 saturated carbocycles. The van der Waals surface area contributed by atoms with Crippen molar-refractivity contribution < 1.29 is 13.6 Å². The molecular formula is C8H13F2NO. The summed E-state index contributed by atoms with van der Waals surface area (Å²) in [6, 6.07) is 0. The largest absolute Gasteiger partial charge is 0.303 e. The summed E-state index contributed by atoms with van der Waals surface area (Å²) in [5, 5.41) is 0. The summed E-state index contributed by atoms with van der Waals surface area (Å²) in [6.07, 6.45) is 1.36. The molecule has 0 aromatic rings. The van der Waals surface area contributed by atoms with Crippen LogP contribution in [0.1, 0.15) is 13.3 Å². The molecule has 0 atom stereocenters. The van der Waals surface area contributed by atoms with Crippen LogP contribution < -0.4 is 0 Å². The van der Waals surface area contributed by atoms with Crippen molar-refractivity contribution in [2.45, 2.75) is 19.3 Å². The zero-order chi connectivity index (χ0) is 9.19. The van der Waals surface area contributed by atoms with E-state index in [1.807, 2.05) is 0 Å². The second-order valence-electron chi connectivity index (χ2n) is 3.53. The first-order valence-corrected chi connectivity index (χ1v) is 4.05. The summed E-state index contributed by atoms with van der Waals surface area (Å²) in [5.74, 6) is -2.29. The minimum Gasteiger partial charge on any atom is -0.303 e. The lowest BCUT2D eigenvalue weighted by atomic mass is 9.97. The van der Waals surface area contributed by atoms with Gasteiger partial charge in [-0.05, 0) is 5.92 Å². The third-order valence-electron chi connectivity index (χ3n) is 1.96. The van der Waals surface area contributed by atoms with Gasteiger partial charge < -0.3 is 4.79 Å². The molecule has 0 amide bonds. The van der Waals surface area contributed by atoms with Gasteiger partial charge in [-0.2, -0.15) is 0 Å². The Morgan fingerprint density at radius 1 is 1.58 bits per heavy atom. The fourth-order valence-electron chi connectivity index (χ4n) is 1.48. The molecule has 0 aromatic heterocycles. The van der Waals surface area contributed by atoms with Crippen molar-refractivity contribution >= 4 is 6.29 Å². The first-order valence-electron chi connectivity index (χ1n) is 4.05. The third-order valence-corrected chi connectivity index (χ3v) is 1.96. The fraction of sp³-hybridized carbons (Fsp3) is 0.875. The predicted octanol–water partition coefficient (Wildman–Crippen LogP) is 1.16. The van der Waals surface area contributed by atoms with E-state index in [0.29, 0.717) is 25.4 Å². The molecule has 1 heterocycles. The van der Waals surface area contributed by atoms with Gasteiger partial charge in [-0.15, -0.1) is 0 Å². The lowest BCUT2D eigenvalue weighted by molar-refractivity contribution is -0.110. The van der Waals surface area contributed by atoms with Crippen LogP contribution in [0.5, 0.6) is 0 Å². The average molecular weight is 177 g/mol. The molecule has 0 aromatic carbocycles. The molecule has 1 saturated heterocycles. The van der Waals surface area contributed by atoms with Gasteiger partial charge in [0.1, 0.15) is 6.29 Å². The summed E-state index contributed by atoms with van der Waals surface area (Å²) in [6.45, 7) is 2.02. The second-order valence-corrected chi connectivity index (χ2v) is 3.53. The SMILES string of the molecule is CC(F)(F)CN1CC(CC=O)C1. The third kappa shape index (κ3) is 2.85. The normalized spacial score (nSPS) is 20.6. The number of likely N-dealkylation sites (tertiary alicyclic amines) is 1. The summed E-state index contributed by atoms with van der Waals surface area (Å²) in [7, 11) is 0. The molecule has 2 nitrogen and oxygen atoms in total. The number of carbonyl (C=O) groups excluding carboxylic acids is 1. The van der Waals surface area contributed by atoms with E-state index in [1.54, 1.807) is 4.90 Å². The van der Waals surface area contributed by atoms with Crippen LogP contribution in [0.25, 0.3) is 0 Å². The molecule has 1 aliphatic heterocycles. The number of hydrogen-bond donors (Lipinski definition) is 0. The van der Waals surface area contributed by atoms with Crippen molar-refractivity contribution in [3.05, 3.63) is 0 Å². The molecule has 4 heteroatoms. The van der Waals surface area contributed by atoms with Gasteiger partial charge in [-0.25, -0.2) is 8.78 Å². The summed E-state index contributed by atoms with van der Waals surface area (Å²) < 4.78 is 24.8. The monoisotopic (exact) mass is 177 g/mol. The van der Waals surface area contributed by atoms with Crippen LogP contribution in [0.2, 0.25) is 0 Å². The van der Waals surface area contributed by atoms with Crippen molar-refractivity contribution in [1.82, 2.24) is 4.90 Å². The van der Waals surface area contributed by atoms with E-state index < -0.39 is 5.92 Å². The standard InChI is InChI=1S/C8H13F2NO/c1-8(9,10)6-11-4-7(5-11)2-3-12/h3,7H,2,4-6H2,1H3. The number of hydrogen-bond acceptors (Lipinski definition) is 2. The highest BCUT2D eigenvalue weighted by molar-refractivity contribution is 5.50. The maximum atomic E-state index is 12.4. The van der Waals surface area contributed by atoms with Crippen LogP contribution in [0, 0.1) is 5.92 Å². The van der Waals surface area contributed by atoms with Crippen LogP contribution in [0.4, 0.5) is 8.78 Å². The van der Waals surface area contributed by atoms with Crippen LogP contribution in [-0.2, 0) is 4.79 Å². The number of nitrogens with zero attached hydrogens (tertiary/aromatic N) is 1. The Balaban J connectivity index is 2.13. The number of alkyl halides is 2. The van der Waals surface area contributed by atoms with Crippen molar-refractivity contribution in [1.29, 1.82) is 0 Å². The van der Waals surface area contributed by atoms with Gasteiger partial charge in [0.05, 0.1) is 6.54 Å². The minimum absolute atomic E-state index is 0.178. The van der Waals surface area contributed by atoms with E-state index in [0.717, 1.165) is 13.2 Å². The van der Waals surface area contributed by atoms with Crippen molar-refractivity contribution in [2.75, 3.05) is 19.6 Å². The Hall–Kier alpha value is -0.510. The van der Waals surface area contributed by atoms with Gasteiger partial charge in [-0.1, -0.05) is 0 Å². The molecule has 1 fully saturated rings. The summed E-state index contributed by atoms with van der Waals surface area (Å²) >= 11 is 0. The van der Waals surface area contributed by atoms with Crippen LogP contribution >= 0.6 is 0 Å². The van der Waals surface area contributed by atoms with Crippen molar-refractivity contribution in [3.63, 3.8) is 0 Å². The Kier molecular flexibility index (Phi) is 2.77. The molecule has 0 unspecified atom stereocenters. The van der Waals surface area contributed by atoms with Gasteiger partial charge >= 0.3 is 0 Å². The fourth-order valence-corrected chi connectivity index (χ4v) is 1.48. The smallest absolute Gasteiger partial charge is 0.257 e. The first kappa shape index (κ1) is 9.58. The molecule has 0 N–H and O–H groups in total. The molecule has 0 radical (unpaired) electrons. The van der Waals surface area contributed by atoms with Crippen molar-refractivity contribution in [2.24, 2.45) is 5.92 Å². The molecule has 0 aliphatic carbocycles. The van der Waals surface area contributed by atoms with Crippen molar-refractivity contribution in [3.8, 4) is 0 Å². The van der Waals surface area contributed by atoms with E-state index in [2.05, 4.69) is 0 Å². The number of rotatable bonds is 4. The lowest BCUT2D eigenvalue weighted by Crippen LogP contribution is -2.50. The predicted molar refractivity (Wildman–Crippen MR) is 41.2 cm³/mol. The van der Waals surface area contributed by atoms with Gasteiger partial charge in [0, 0.05) is 26.4 Å². The minimum atomic E-state index is -2.61. The highest BCUT2D eigenvalue weighted by Gasteiger charge is 2.33. The van der Waals surface area contributed by atoms with Crippen LogP contribution in [0.15, 0.2) is 0 Å². The number of halogens is 2. The Labute approximate surface area is 70.5 Å². The maximum Gasteiger partial charge on any atom is 0.257 e. The molecule has 12 heavy (non-hydrogen) atoms. The first-order chi connectivity index (χ1) is 5.51. The van der Waals surface area contributed by atoms with Gasteiger partial charge in [0.2, 0.25) is 0 Å². The van der Waals surface area contributed by atoms with E-state index in [1.165, 1.54) is 0 Å². The highest BCUT2D eigenvalue weighted by Crippen LogP contribution is 2.22. The quantitative estimate of drug-likeness (QED) is 0.600. The zero-order valence-corrected chi connectivity index (χ0v) is 7.09. The average Bonchev–Trinajstić information content (AvgIpc) is 1.80. The topological polar surface area (TPSA) is 20.3 Å². The van der Waals surface area contributed by atoms with E-state index >= 15 is 0 Å². The maximum absolute atomic E-state index is 12.4. The number of aldehydes is 1. The molecule has 1 aliphatic rings. The lowest BCUT2D eigenvalue weighted by Gasteiger charge is -2.39. The van der Waals surface area contributed by atoms with E-state index in [4.69, 9.17) is 0 Å². The number of carbonyl (C=O) groups is 1. The summed E-state index contributed by atoms with van der Waals surface area (Å²) in [5.41, 5.74) is 0. The Bertz CT molecular complexity index is 161. The molecule has 0 bridgehead atoms. The second kappa shape index (κ2) is 3.47. The Morgan fingerprint density at radius 3 is 2.58 bits per heavy atom. The van der Waals surface area contributed by atoms with Gasteiger partial charge in [0.25, 0.3) is 5.92 Å². The molecule has 0 spiro atoms. The molecule has 1 rings (SSSR count). The van der Waals surface area contributed by atoms with E-state index in [9.17, 15) is 13.6 Å². The van der Waals surface area contributed by atoms with Crippen LogP contribution in [-0.4, -0.2) is 36.7 Å². The van der Waals surface area contributed by atoms with Gasteiger partial charge in [-0.3, -0.25) is 4.90 Å². The molecular weight excluding hydrogens is 164 g/mol. The van der Waals surface area contributed by atoms with Crippen LogP contribution in [0.3, 0.4) is 0 Å². The molecule has 70 valence electrons. The zero-order valence-electron chi connectivity index (χ0n) is 7.09. The van der Waals surface area contributed by atoms with E-state index in [-0.39, 0.29) is 6.54 Å². The van der Waals surface area contributed by atoms with Gasteiger partial charge in [0.15, 0.2) is 0 Å². The Morgan fingerprint density at radius 2 is 2.17 bits per heavy atom. The summed E-state index contributed by atoms with van der Waals surface area (Å²) in [4.78, 5) is 11.7.